The zero-order valence-electron chi connectivity index (χ0n) is 13.5. The number of fused-ring (bicyclic) bond motifs is 1. The van der Waals surface area contributed by atoms with Crippen LogP contribution >= 0.6 is 15.9 Å². The maximum Gasteiger partial charge on any atom is 0.143 e. The predicted molar refractivity (Wildman–Crippen MR) is 96.8 cm³/mol. The SMILES string of the molecule is Cn1cnc(C(CNc2ncnc3[nH]c(Br)cc23)N2CCCC2)c1. The van der Waals surface area contributed by atoms with Crippen LogP contribution in [0.25, 0.3) is 11.0 Å². The van der Waals surface area contributed by atoms with Gasteiger partial charge in [-0.1, -0.05) is 0 Å². The van der Waals surface area contributed by atoms with Gasteiger partial charge in [-0.25, -0.2) is 15.0 Å². The third-order valence-corrected chi connectivity index (χ3v) is 4.93. The number of imidazole rings is 1. The number of anilines is 1. The third kappa shape index (κ3) is 3.03. The van der Waals surface area contributed by atoms with Crippen LogP contribution in [0.4, 0.5) is 5.82 Å². The van der Waals surface area contributed by atoms with Crippen LogP contribution in [0.15, 0.2) is 29.5 Å². The minimum Gasteiger partial charge on any atom is -0.367 e. The fourth-order valence-corrected chi connectivity index (χ4v) is 3.74. The van der Waals surface area contributed by atoms with Gasteiger partial charge in [0.25, 0.3) is 0 Å². The highest BCUT2D eigenvalue weighted by Gasteiger charge is 2.25. The molecule has 1 aliphatic heterocycles. The molecule has 1 atom stereocenters. The van der Waals surface area contributed by atoms with Crippen LogP contribution < -0.4 is 5.32 Å². The van der Waals surface area contributed by atoms with Gasteiger partial charge < -0.3 is 14.9 Å². The molecule has 0 saturated carbocycles. The first-order valence-corrected chi connectivity index (χ1v) is 8.95. The summed E-state index contributed by atoms with van der Waals surface area (Å²) < 4.78 is 2.91. The van der Waals surface area contributed by atoms with Crippen molar-refractivity contribution in [3.8, 4) is 0 Å². The largest absolute Gasteiger partial charge is 0.367 e. The molecular weight excluding hydrogens is 370 g/mol. The van der Waals surface area contributed by atoms with Gasteiger partial charge in [0.05, 0.1) is 28.1 Å². The number of hydrogen-bond donors (Lipinski definition) is 2. The van der Waals surface area contributed by atoms with Crippen molar-refractivity contribution >= 4 is 32.8 Å². The Bertz CT molecular complexity index is 834. The summed E-state index contributed by atoms with van der Waals surface area (Å²) in [6.07, 6.45) is 8.06. The lowest BCUT2D eigenvalue weighted by Crippen LogP contribution is -2.31. The standard InChI is InChI=1S/C16H20BrN7/c1-23-8-12(21-10-23)13(24-4-2-3-5-24)7-18-15-11-6-14(17)22-16(11)20-9-19-15/h6,8-10,13H,2-5,7H2,1H3,(H2,18,19,20,22). The number of H-pyrrole nitrogens is 1. The molecule has 8 heteroatoms. The van der Waals surface area contributed by atoms with E-state index in [0.717, 1.165) is 46.8 Å². The minimum atomic E-state index is 0.251. The lowest BCUT2D eigenvalue weighted by Gasteiger charge is -2.26. The van der Waals surface area contributed by atoms with Gasteiger partial charge in [0.2, 0.25) is 0 Å². The second kappa shape index (κ2) is 6.52. The van der Waals surface area contributed by atoms with Gasteiger partial charge in [-0.05, 0) is 47.9 Å². The van der Waals surface area contributed by atoms with E-state index in [0.29, 0.717) is 0 Å². The topological polar surface area (TPSA) is 74.7 Å². The molecule has 3 aromatic heterocycles. The fraction of sp³-hybridized carbons (Fsp3) is 0.438. The van der Waals surface area contributed by atoms with Crippen molar-refractivity contribution in [3.05, 3.63) is 35.2 Å². The molecule has 3 aromatic rings. The number of aryl methyl sites for hydroxylation is 1. The number of aromatic amines is 1. The summed E-state index contributed by atoms with van der Waals surface area (Å²) in [7, 11) is 2.01. The predicted octanol–water partition coefficient (Wildman–Crippen LogP) is 2.70. The quantitative estimate of drug-likeness (QED) is 0.701. The second-order valence-electron chi connectivity index (χ2n) is 6.21. The second-order valence-corrected chi connectivity index (χ2v) is 7.06. The summed E-state index contributed by atoms with van der Waals surface area (Å²) in [6, 6.07) is 2.25. The van der Waals surface area contributed by atoms with Crippen molar-refractivity contribution in [2.75, 3.05) is 25.0 Å². The normalized spacial score (nSPS) is 16.8. The van der Waals surface area contributed by atoms with Crippen molar-refractivity contribution < 1.29 is 0 Å². The van der Waals surface area contributed by atoms with E-state index in [1.807, 2.05) is 24.0 Å². The minimum absolute atomic E-state index is 0.251. The number of nitrogens with zero attached hydrogens (tertiary/aromatic N) is 5. The van der Waals surface area contributed by atoms with Gasteiger partial charge in [-0.2, -0.15) is 0 Å². The van der Waals surface area contributed by atoms with E-state index in [1.54, 1.807) is 6.33 Å². The summed E-state index contributed by atoms with van der Waals surface area (Å²) >= 11 is 3.46. The summed E-state index contributed by atoms with van der Waals surface area (Å²) in [5, 5.41) is 4.49. The van der Waals surface area contributed by atoms with Crippen LogP contribution in [-0.4, -0.2) is 49.0 Å². The molecule has 4 heterocycles. The van der Waals surface area contributed by atoms with E-state index in [-0.39, 0.29) is 6.04 Å². The van der Waals surface area contributed by atoms with Crippen LogP contribution in [0, 0.1) is 0 Å². The van der Waals surface area contributed by atoms with E-state index in [1.165, 1.54) is 12.8 Å². The first kappa shape index (κ1) is 15.6. The highest BCUT2D eigenvalue weighted by atomic mass is 79.9. The summed E-state index contributed by atoms with van der Waals surface area (Å²) in [4.78, 5) is 18.9. The van der Waals surface area contributed by atoms with Crippen LogP contribution in [0.3, 0.4) is 0 Å². The van der Waals surface area contributed by atoms with Crippen molar-refractivity contribution in [3.63, 3.8) is 0 Å². The molecular formula is C16H20BrN7. The zero-order chi connectivity index (χ0) is 16.5. The summed E-state index contributed by atoms with van der Waals surface area (Å²) in [6.45, 7) is 3.02. The average molecular weight is 390 g/mol. The summed E-state index contributed by atoms with van der Waals surface area (Å²) in [5.41, 5.74) is 1.93. The smallest absolute Gasteiger partial charge is 0.143 e. The van der Waals surface area contributed by atoms with Gasteiger partial charge in [-0.15, -0.1) is 0 Å². The molecule has 0 aliphatic carbocycles. The summed E-state index contributed by atoms with van der Waals surface area (Å²) in [5.74, 6) is 0.849. The van der Waals surface area contributed by atoms with E-state index in [9.17, 15) is 0 Å². The van der Waals surface area contributed by atoms with Gasteiger partial charge in [-0.3, -0.25) is 4.90 Å². The van der Waals surface area contributed by atoms with Gasteiger partial charge in [0, 0.05) is 19.8 Å². The highest BCUT2D eigenvalue weighted by molar-refractivity contribution is 9.10. The molecule has 126 valence electrons. The molecule has 1 unspecified atom stereocenters. The molecule has 1 saturated heterocycles. The lowest BCUT2D eigenvalue weighted by atomic mass is 10.2. The van der Waals surface area contributed by atoms with Crippen molar-refractivity contribution in [1.82, 2.24) is 29.4 Å². The molecule has 2 N–H and O–H groups in total. The van der Waals surface area contributed by atoms with Crippen LogP contribution in [-0.2, 0) is 7.05 Å². The maximum absolute atomic E-state index is 4.57. The van der Waals surface area contributed by atoms with Crippen LogP contribution in [0.1, 0.15) is 24.6 Å². The average Bonchev–Trinajstić information content (AvgIpc) is 3.28. The molecule has 1 aliphatic rings. The molecule has 0 bridgehead atoms. The molecule has 0 spiro atoms. The third-order valence-electron chi connectivity index (χ3n) is 4.50. The molecule has 0 amide bonds. The zero-order valence-corrected chi connectivity index (χ0v) is 15.1. The number of likely N-dealkylation sites (tertiary alicyclic amines) is 1. The Hall–Kier alpha value is -1.93. The molecule has 24 heavy (non-hydrogen) atoms. The van der Waals surface area contributed by atoms with E-state index in [4.69, 9.17) is 0 Å². The highest BCUT2D eigenvalue weighted by Crippen LogP contribution is 2.27. The van der Waals surface area contributed by atoms with Crippen LogP contribution in [0.5, 0.6) is 0 Å². The Morgan fingerprint density at radius 3 is 2.88 bits per heavy atom. The van der Waals surface area contributed by atoms with Gasteiger partial charge in [0.15, 0.2) is 0 Å². The van der Waals surface area contributed by atoms with E-state index < -0.39 is 0 Å². The van der Waals surface area contributed by atoms with Gasteiger partial charge >= 0.3 is 0 Å². The lowest BCUT2D eigenvalue weighted by molar-refractivity contribution is 0.251. The van der Waals surface area contributed by atoms with E-state index in [2.05, 4.69) is 52.3 Å². The number of hydrogen-bond acceptors (Lipinski definition) is 5. The van der Waals surface area contributed by atoms with Crippen molar-refractivity contribution in [2.45, 2.75) is 18.9 Å². The first-order chi connectivity index (χ1) is 11.7. The van der Waals surface area contributed by atoms with Crippen molar-refractivity contribution in [1.29, 1.82) is 0 Å². The Kier molecular flexibility index (Phi) is 4.24. The molecule has 1 fully saturated rings. The maximum atomic E-state index is 4.57. The Balaban J connectivity index is 1.58. The van der Waals surface area contributed by atoms with E-state index >= 15 is 0 Å². The van der Waals surface area contributed by atoms with Crippen molar-refractivity contribution in [2.24, 2.45) is 7.05 Å². The van der Waals surface area contributed by atoms with Crippen LogP contribution in [0.2, 0.25) is 0 Å². The molecule has 0 radical (unpaired) electrons. The van der Waals surface area contributed by atoms with Gasteiger partial charge in [0.1, 0.15) is 17.8 Å². The Labute approximate surface area is 148 Å². The first-order valence-electron chi connectivity index (χ1n) is 8.16. The Morgan fingerprint density at radius 1 is 1.29 bits per heavy atom. The molecule has 0 aromatic carbocycles. The number of rotatable bonds is 5. The monoisotopic (exact) mass is 389 g/mol. The number of nitrogens with one attached hydrogen (secondary N) is 2. The fourth-order valence-electron chi connectivity index (χ4n) is 3.32. The molecule has 7 nitrogen and oxygen atoms in total. The Morgan fingerprint density at radius 2 is 2.12 bits per heavy atom. The number of aromatic nitrogens is 5. The number of halogens is 1. The molecule has 4 rings (SSSR count).